The molecule has 1 unspecified atom stereocenters. The molecule has 116 valence electrons. The Hall–Kier alpha value is -0.900. The number of rotatable bonds is 3. The highest BCUT2D eigenvalue weighted by molar-refractivity contribution is 5.16. The third kappa shape index (κ3) is 4.06. The Morgan fingerprint density at radius 3 is 2.62 bits per heavy atom. The lowest BCUT2D eigenvalue weighted by molar-refractivity contribution is 0.0877. The maximum absolute atomic E-state index is 3.64. The van der Waals surface area contributed by atoms with Crippen molar-refractivity contribution in [2.75, 3.05) is 39.8 Å². The van der Waals surface area contributed by atoms with Crippen molar-refractivity contribution < 1.29 is 0 Å². The first-order valence-electron chi connectivity index (χ1n) is 8.52. The van der Waals surface area contributed by atoms with Crippen molar-refractivity contribution in [3.05, 3.63) is 35.9 Å². The molecule has 0 bridgehead atoms. The van der Waals surface area contributed by atoms with Gasteiger partial charge in [-0.3, -0.25) is 4.90 Å². The fraction of sp³-hybridized carbons (Fsp3) is 0.667. The first kappa shape index (κ1) is 15.0. The standard InChI is InChI=1S/C18H29N3/c1-20-12-8-17(9-13-20)21-11-5-10-19-15-18(21)14-16-6-3-2-4-7-16/h2-4,6-7,17-19H,5,8-15H2,1H3. The van der Waals surface area contributed by atoms with Crippen LogP contribution in [-0.2, 0) is 6.42 Å². The SMILES string of the molecule is CN1CCC(N2CCCNCC2Cc2ccccc2)CC1. The van der Waals surface area contributed by atoms with E-state index in [1.54, 1.807) is 0 Å². The maximum atomic E-state index is 3.64. The van der Waals surface area contributed by atoms with Crippen molar-refractivity contribution in [1.82, 2.24) is 15.1 Å². The highest BCUT2D eigenvalue weighted by Crippen LogP contribution is 2.21. The van der Waals surface area contributed by atoms with E-state index in [-0.39, 0.29) is 0 Å². The number of likely N-dealkylation sites (tertiary alicyclic amines) is 1. The van der Waals surface area contributed by atoms with Gasteiger partial charge in [-0.1, -0.05) is 30.3 Å². The molecule has 21 heavy (non-hydrogen) atoms. The lowest BCUT2D eigenvalue weighted by Gasteiger charge is -2.41. The summed E-state index contributed by atoms with van der Waals surface area (Å²) in [7, 11) is 2.25. The molecule has 2 fully saturated rings. The van der Waals surface area contributed by atoms with Crippen molar-refractivity contribution in [3.63, 3.8) is 0 Å². The molecule has 2 aliphatic rings. The molecular formula is C18H29N3. The van der Waals surface area contributed by atoms with Gasteiger partial charge in [0, 0.05) is 18.6 Å². The maximum Gasteiger partial charge on any atom is 0.0263 e. The highest BCUT2D eigenvalue weighted by Gasteiger charge is 2.29. The van der Waals surface area contributed by atoms with E-state index in [1.165, 1.54) is 57.4 Å². The van der Waals surface area contributed by atoms with Crippen LogP contribution in [0.2, 0.25) is 0 Å². The van der Waals surface area contributed by atoms with Gasteiger partial charge in [0.05, 0.1) is 0 Å². The van der Waals surface area contributed by atoms with Gasteiger partial charge in [-0.05, 0) is 64.5 Å². The normalized spacial score (nSPS) is 26.6. The third-order valence-electron chi connectivity index (χ3n) is 5.09. The van der Waals surface area contributed by atoms with Crippen LogP contribution in [0.5, 0.6) is 0 Å². The van der Waals surface area contributed by atoms with Crippen molar-refractivity contribution in [1.29, 1.82) is 0 Å². The molecule has 2 saturated heterocycles. The van der Waals surface area contributed by atoms with E-state index in [0.717, 1.165) is 12.6 Å². The van der Waals surface area contributed by atoms with Crippen molar-refractivity contribution >= 4 is 0 Å². The van der Waals surface area contributed by atoms with Crippen LogP contribution in [0.3, 0.4) is 0 Å². The molecule has 0 saturated carbocycles. The van der Waals surface area contributed by atoms with Crippen molar-refractivity contribution in [2.45, 2.75) is 37.8 Å². The summed E-state index contributed by atoms with van der Waals surface area (Å²) in [6.07, 6.45) is 5.14. The monoisotopic (exact) mass is 287 g/mol. The second kappa shape index (κ2) is 7.39. The van der Waals surface area contributed by atoms with Crippen molar-refractivity contribution in [3.8, 4) is 0 Å². The second-order valence-corrected chi connectivity index (χ2v) is 6.67. The summed E-state index contributed by atoms with van der Waals surface area (Å²) in [5, 5.41) is 3.64. The Labute approximate surface area is 129 Å². The van der Waals surface area contributed by atoms with Crippen LogP contribution in [0.1, 0.15) is 24.8 Å². The van der Waals surface area contributed by atoms with E-state index in [2.05, 4.69) is 52.5 Å². The average Bonchev–Trinajstić information content (AvgIpc) is 2.75. The highest BCUT2D eigenvalue weighted by atomic mass is 15.2. The van der Waals surface area contributed by atoms with E-state index in [0.29, 0.717) is 6.04 Å². The Kier molecular flexibility index (Phi) is 5.28. The largest absolute Gasteiger partial charge is 0.315 e. The molecule has 0 aliphatic carbocycles. The predicted molar refractivity (Wildman–Crippen MR) is 88.6 cm³/mol. The molecule has 2 heterocycles. The zero-order chi connectivity index (χ0) is 14.5. The summed E-state index contributed by atoms with van der Waals surface area (Å²) in [6, 6.07) is 12.4. The fourth-order valence-corrected chi connectivity index (χ4v) is 3.84. The van der Waals surface area contributed by atoms with Crippen molar-refractivity contribution in [2.24, 2.45) is 0 Å². The summed E-state index contributed by atoms with van der Waals surface area (Å²) >= 11 is 0. The van der Waals surface area contributed by atoms with E-state index in [9.17, 15) is 0 Å². The number of nitrogens with one attached hydrogen (secondary N) is 1. The number of hydrogen-bond donors (Lipinski definition) is 1. The lowest BCUT2D eigenvalue weighted by atomic mass is 9.98. The molecule has 0 radical (unpaired) electrons. The van der Waals surface area contributed by atoms with Gasteiger partial charge in [0.2, 0.25) is 0 Å². The molecule has 1 aromatic rings. The molecule has 0 aromatic heterocycles. The molecule has 3 rings (SSSR count). The van der Waals surface area contributed by atoms with Gasteiger partial charge in [-0.15, -0.1) is 0 Å². The molecule has 1 N–H and O–H groups in total. The summed E-state index contributed by atoms with van der Waals surface area (Å²) in [4.78, 5) is 5.29. The van der Waals surface area contributed by atoms with Gasteiger partial charge in [0.25, 0.3) is 0 Å². The third-order valence-corrected chi connectivity index (χ3v) is 5.09. The van der Waals surface area contributed by atoms with Gasteiger partial charge in [0.1, 0.15) is 0 Å². The second-order valence-electron chi connectivity index (χ2n) is 6.67. The van der Waals surface area contributed by atoms with Crippen LogP contribution in [0.15, 0.2) is 30.3 Å². The Morgan fingerprint density at radius 1 is 1.10 bits per heavy atom. The smallest absolute Gasteiger partial charge is 0.0263 e. The summed E-state index contributed by atoms with van der Waals surface area (Å²) in [5.74, 6) is 0. The summed E-state index contributed by atoms with van der Waals surface area (Å²) < 4.78 is 0. The molecule has 1 atom stereocenters. The molecule has 0 spiro atoms. The molecule has 3 heteroatoms. The lowest BCUT2D eigenvalue weighted by Crippen LogP contribution is -2.50. The van der Waals surface area contributed by atoms with Crippen LogP contribution < -0.4 is 5.32 Å². The zero-order valence-corrected chi connectivity index (χ0v) is 13.3. The van der Waals surface area contributed by atoms with Crippen LogP contribution in [0.25, 0.3) is 0 Å². The predicted octanol–water partition coefficient (Wildman–Crippen LogP) is 1.99. The molecular weight excluding hydrogens is 258 g/mol. The minimum atomic E-state index is 0.656. The Morgan fingerprint density at radius 2 is 1.86 bits per heavy atom. The average molecular weight is 287 g/mol. The first-order valence-corrected chi connectivity index (χ1v) is 8.52. The molecule has 0 amide bonds. The molecule has 2 aliphatic heterocycles. The van der Waals surface area contributed by atoms with E-state index < -0.39 is 0 Å². The number of benzene rings is 1. The quantitative estimate of drug-likeness (QED) is 0.917. The van der Waals surface area contributed by atoms with Crippen LogP contribution in [0, 0.1) is 0 Å². The van der Waals surface area contributed by atoms with Gasteiger partial charge < -0.3 is 10.2 Å². The fourth-order valence-electron chi connectivity index (χ4n) is 3.84. The number of nitrogens with zero attached hydrogens (tertiary/aromatic N) is 2. The van der Waals surface area contributed by atoms with E-state index in [1.807, 2.05) is 0 Å². The van der Waals surface area contributed by atoms with Gasteiger partial charge in [-0.2, -0.15) is 0 Å². The first-order chi connectivity index (χ1) is 10.3. The zero-order valence-electron chi connectivity index (χ0n) is 13.3. The number of hydrogen-bond acceptors (Lipinski definition) is 3. The van der Waals surface area contributed by atoms with E-state index in [4.69, 9.17) is 0 Å². The minimum absolute atomic E-state index is 0.656. The number of piperidine rings is 1. The summed E-state index contributed by atoms with van der Waals surface area (Å²) in [6.45, 7) is 6.09. The topological polar surface area (TPSA) is 18.5 Å². The Balaban J connectivity index is 1.68. The van der Waals surface area contributed by atoms with Crippen LogP contribution in [-0.4, -0.2) is 61.7 Å². The van der Waals surface area contributed by atoms with Gasteiger partial charge in [-0.25, -0.2) is 0 Å². The molecule has 1 aromatic carbocycles. The summed E-state index contributed by atoms with van der Waals surface area (Å²) in [5.41, 5.74) is 1.48. The van der Waals surface area contributed by atoms with Crippen LogP contribution in [0.4, 0.5) is 0 Å². The minimum Gasteiger partial charge on any atom is -0.315 e. The Bertz CT molecular complexity index is 412. The van der Waals surface area contributed by atoms with Crippen LogP contribution >= 0.6 is 0 Å². The van der Waals surface area contributed by atoms with E-state index >= 15 is 0 Å². The molecule has 3 nitrogen and oxygen atoms in total. The van der Waals surface area contributed by atoms with Gasteiger partial charge >= 0.3 is 0 Å². The van der Waals surface area contributed by atoms with Gasteiger partial charge in [0.15, 0.2) is 0 Å².